The molecule has 0 radical (unpaired) electrons. The van der Waals surface area contributed by atoms with Gasteiger partial charge in [-0.3, -0.25) is 9.30 Å². The molecule has 6 heteroatoms. The number of nitrogens with zero attached hydrogens (tertiary/aromatic N) is 2. The normalized spacial score (nSPS) is 14.5. The van der Waals surface area contributed by atoms with Gasteiger partial charge in [-0.25, -0.2) is 8.42 Å². The maximum Gasteiger partial charge on any atom is 0.265 e. The maximum atomic E-state index is 13.4. The molecule has 0 saturated heterocycles. The Hall–Kier alpha value is -2.18. The third-order valence-electron chi connectivity index (χ3n) is 5.14. The molecule has 0 fully saturated rings. The Kier molecular flexibility index (Phi) is 5.02. The SMILES string of the molecule is Cc1cc(S(=O)(=O)N2CCN=C2Cc2cccc3ccccc23)c(C)cc1Br. The van der Waals surface area contributed by atoms with E-state index >= 15 is 0 Å². The first-order valence-electron chi connectivity index (χ1n) is 9.17. The Balaban J connectivity index is 1.71. The van der Waals surface area contributed by atoms with Crippen LogP contribution in [-0.2, 0) is 16.4 Å². The van der Waals surface area contributed by atoms with Crippen molar-refractivity contribution >= 4 is 42.6 Å². The summed E-state index contributed by atoms with van der Waals surface area (Å²) in [7, 11) is -3.65. The second-order valence-electron chi connectivity index (χ2n) is 7.06. The number of benzene rings is 3. The first kappa shape index (κ1) is 19.2. The van der Waals surface area contributed by atoms with E-state index in [0.717, 1.165) is 31.9 Å². The van der Waals surface area contributed by atoms with E-state index in [-0.39, 0.29) is 0 Å². The fourth-order valence-electron chi connectivity index (χ4n) is 3.65. The molecular formula is C22H21BrN2O2S. The van der Waals surface area contributed by atoms with Gasteiger partial charge in [0.1, 0.15) is 5.84 Å². The van der Waals surface area contributed by atoms with Gasteiger partial charge in [0, 0.05) is 10.9 Å². The lowest BCUT2D eigenvalue weighted by atomic mass is 10.0. The van der Waals surface area contributed by atoms with Crippen molar-refractivity contribution in [3.05, 3.63) is 75.8 Å². The summed E-state index contributed by atoms with van der Waals surface area (Å²) in [6.45, 7) is 4.61. The number of rotatable bonds is 4. The van der Waals surface area contributed by atoms with E-state index in [0.29, 0.717) is 30.2 Å². The Labute approximate surface area is 174 Å². The van der Waals surface area contributed by atoms with Gasteiger partial charge < -0.3 is 0 Å². The van der Waals surface area contributed by atoms with Gasteiger partial charge in [0.2, 0.25) is 0 Å². The predicted octanol–water partition coefficient (Wildman–Crippen LogP) is 4.86. The third kappa shape index (κ3) is 3.35. The molecule has 3 aromatic carbocycles. The molecule has 28 heavy (non-hydrogen) atoms. The zero-order valence-electron chi connectivity index (χ0n) is 15.8. The minimum absolute atomic E-state index is 0.348. The van der Waals surface area contributed by atoms with Crippen LogP contribution in [0, 0.1) is 13.8 Å². The highest BCUT2D eigenvalue weighted by atomic mass is 79.9. The van der Waals surface area contributed by atoms with Crippen molar-refractivity contribution in [3.63, 3.8) is 0 Å². The van der Waals surface area contributed by atoms with E-state index in [1.165, 1.54) is 4.31 Å². The zero-order valence-corrected chi connectivity index (χ0v) is 18.2. The molecule has 0 unspecified atom stereocenters. The average Bonchev–Trinajstić information content (AvgIpc) is 3.14. The van der Waals surface area contributed by atoms with Gasteiger partial charge in [0.15, 0.2) is 0 Å². The summed E-state index contributed by atoms with van der Waals surface area (Å²) in [5.41, 5.74) is 2.72. The Bertz CT molecular complexity index is 1200. The van der Waals surface area contributed by atoms with Crippen molar-refractivity contribution in [2.45, 2.75) is 25.2 Å². The topological polar surface area (TPSA) is 49.7 Å². The van der Waals surface area contributed by atoms with Crippen LogP contribution in [0.1, 0.15) is 16.7 Å². The number of amidine groups is 1. The number of halogens is 1. The van der Waals surface area contributed by atoms with Crippen LogP contribution < -0.4 is 0 Å². The summed E-state index contributed by atoms with van der Waals surface area (Å²) >= 11 is 3.48. The molecule has 4 rings (SSSR count). The monoisotopic (exact) mass is 456 g/mol. The molecule has 0 atom stereocenters. The minimum atomic E-state index is -3.65. The van der Waals surface area contributed by atoms with Crippen LogP contribution >= 0.6 is 15.9 Å². The van der Waals surface area contributed by atoms with Crippen LogP contribution in [0.15, 0.2) is 69.0 Å². The Morgan fingerprint density at radius 1 is 1.04 bits per heavy atom. The van der Waals surface area contributed by atoms with E-state index in [4.69, 9.17) is 0 Å². The fourth-order valence-corrected chi connectivity index (χ4v) is 5.86. The van der Waals surface area contributed by atoms with Crippen LogP contribution in [0.5, 0.6) is 0 Å². The van der Waals surface area contributed by atoms with Crippen molar-refractivity contribution < 1.29 is 8.42 Å². The largest absolute Gasteiger partial charge is 0.269 e. The summed E-state index contributed by atoms with van der Waals surface area (Å²) in [5.74, 6) is 0.608. The number of sulfonamides is 1. The number of fused-ring (bicyclic) bond motifs is 1. The average molecular weight is 457 g/mol. The van der Waals surface area contributed by atoms with Gasteiger partial charge in [-0.1, -0.05) is 58.4 Å². The quantitative estimate of drug-likeness (QED) is 0.562. The molecule has 1 aliphatic rings. The summed E-state index contributed by atoms with van der Waals surface area (Å²) in [5, 5.41) is 2.28. The number of hydrogen-bond donors (Lipinski definition) is 0. The third-order valence-corrected chi connectivity index (χ3v) is 7.96. The highest BCUT2D eigenvalue weighted by Gasteiger charge is 2.32. The van der Waals surface area contributed by atoms with Crippen molar-refractivity contribution in [2.75, 3.05) is 13.1 Å². The second kappa shape index (κ2) is 7.33. The van der Waals surface area contributed by atoms with Gasteiger partial charge in [-0.15, -0.1) is 0 Å². The van der Waals surface area contributed by atoms with Crippen LogP contribution in [0.4, 0.5) is 0 Å². The van der Waals surface area contributed by atoms with Crippen LogP contribution in [0.2, 0.25) is 0 Å². The summed E-state index contributed by atoms with van der Waals surface area (Å²) in [6.07, 6.45) is 0.495. The molecule has 0 amide bonds. The van der Waals surface area contributed by atoms with Gasteiger partial charge in [-0.2, -0.15) is 0 Å². The molecule has 0 saturated carbocycles. The first-order chi connectivity index (χ1) is 13.4. The standard InChI is InChI=1S/C22H21BrN2O2S/c1-15-13-21(16(2)12-20(15)23)28(26,27)25-11-10-24-22(25)14-18-8-5-7-17-6-3-4-9-19(17)18/h3-9,12-13H,10-11,14H2,1-2H3. The molecule has 3 aromatic rings. The minimum Gasteiger partial charge on any atom is -0.269 e. The van der Waals surface area contributed by atoms with Crippen LogP contribution in [0.25, 0.3) is 10.8 Å². The van der Waals surface area contributed by atoms with E-state index < -0.39 is 10.0 Å². The predicted molar refractivity (Wildman–Crippen MR) is 117 cm³/mol. The lowest BCUT2D eigenvalue weighted by Crippen LogP contribution is -2.35. The van der Waals surface area contributed by atoms with Crippen molar-refractivity contribution in [1.29, 1.82) is 0 Å². The first-order valence-corrected chi connectivity index (χ1v) is 11.4. The molecule has 144 valence electrons. The van der Waals surface area contributed by atoms with Crippen molar-refractivity contribution in [1.82, 2.24) is 4.31 Å². The highest BCUT2D eigenvalue weighted by Crippen LogP contribution is 2.29. The lowest BCUT2D eigenvalue weighted by molar-refractivity contribution is 0.535. The maximum absolute atomic E-state index is 13.4. The van der Waals surface area contributed by atoms with Crippen molar-refractivity contribution in [3.8, 4) is 0 Å². The molecule has 0 bridgehead atoms. The van der Waals surface area contributed by atoms with Crippen LogP contribution in [-0.4, -0.2) is 31.6 Å². The molecule has 0 aliphatic carbocycles. The fraction of sp³-hybridized carbons (Fsp3) is 0.227. The number of aryl methyl sites for hydroxylation is 2. The molecule has 1 aliphatic heterocycles. The number of hydrogen-bond acceptors (Lipinski definition) is 3. The van der Waals surface area contributed by atoms with Crippen LogP contribution in [0.3, 0.4) is 0 Å². The van der Waals surface area contributed by atoms with E-state index in [2.05, 4.69) is 39.1 Å². The van der Waals surface area contributed by atoms with Gasteiger partial charge in [-0.05, 0) is 53.4 Å². The molecule has 0 spiro atoms. The summed E-state index contributed by atoms with van der Waals surface area (Å²) in [4.78, 5) is 4.88. The molecule has 0 N–H and O–H groups in total. The van der Waals surface area contributed by atoms with E-state index in [1.807, 2.05) is 44.2 Å². The zero-order chi connectivity index (χ0) is 19.9. The van der Waals surface area contributed by atoms with Gasteiger partial charge in [0.05, 0.1) is 18.0 Å². The summed E-state index contributed by atoms with van der Waals surface area (Å²) in [6, 6.07) is 17.9. The Morgan fingerprint density at radius 2 is 1.79 bits per heavy atom. The molecule has 1 heterocycles. The molecule has 4 nitrogen and oxygen atoms in total. The second-order valence-corrected chi connectivity index (χ2v) is 9.74. The molecular weight excluding hydrogens is 436 g/mol. The number of aliphatic imine (C=N–C) groups is 1. The molecule has 0 aromatic heterocycles. The lowest BCUT2D eigenvalue weighted by Gasteiger charge is -2.22. The highest BCUT2D eigenvalue weighted by molar-refractivity contribution is 9.10. The Morgan fingerprint density at radius 3 is 2.61 bits per heavy atom. The smallest absolute Gasteiger partial charge is 0.265 e. The van der Waals surface area contributed by atoms with Gasteiger partial charge >= 0.3 is 0 Å². The van der Waals surface area contributed by atoms with Crippen molar-refractivity contribution in [2.24, 2.45) is 4.99 Å². The van der Waals surface area contributed by atoms with E-state index in [9.17, 15) is 8.42 Å². The summed E-state index contributed by atoms with van der Waals surface area (Å²) < 4.78 is 29.2. The van der Waals surface area contributed by atoms with Gasteiger partial charge in [0.25, 0.3) is 10.0 Å². The van der Waals surface area contributed by atoms with E-state index in [1.54, 1.807) is 6.07 Å².